The van der Waals surface area contributed by atoms with Gasteiger partial charge in [0.1, 0.15) is 4.90 Å². The minimum atomic E-state index is -3.70. The van der Waals surface area contributed by atoms with Crippen molar-refractivity contribution in [3.05, 3.63) is 72.1 Å². The van der Waals surface area contributed by atoms with Crippen molar-refractivity contribution in [2.75, 3.05) is 4.72 Å². The van der Waals surface area contributed by atoms with Crippen LogP contribution in [-0.2, 0) is 10.0 Å². The van der Waals surface area contributed by atoms with E-state index in [0.29, 0.717) is 17.3 Å². The van der Waals surface area contributed by atoms with Crippen LogP contribution in [0.4, 0.5) is 5.69 Å². The number of rotatable bonds is 5. The highest BCUT2D eigenvalue weighted by molar-refractivity contribution is 7.92. The Morgan fingerprint density at radius 2 is 1.64 bits per heavy atom. The molecule has 1 N–H and O–H groups in total. The molecule has 130 valence electrons. The molecule has 3 aromatic rings. The number of aromatic nitrogens is 2. The summed E-state index contributed by atoms with van der Waals surface area (Å²) in [6.07, 6.45) is 1.54. The molecule has 1 heterocycles. The third-order valence-corrected chi connectivity index (χ3v) is 5.48. The van der Waals surface area contributed by atoms with E-state index < -0.39 is 10.0 Å². The maximum Gasteiger partial charge on any atom is 0.265 e. The fourth-order valence-corrected chi connectivity index (χ4v) is 3.79. The van der Waals surface area contributed by atoms with E-state index in [9.17, 15) is 8.42 Å². The van der Waals surface area contributed by atoms with Gasteiger partial charge in [-0.1, -0.05) is 44.2 Å². The third kappa shape index (κ3) is 3.74. The van der Waals surface area contributed by atoms with E-state index in [1.165, 1.54) is 6.20 Å². The van der Waals surface area contributed by atoms with Crippen LogP contribution >= 0.6 is 0 Å². The van der Waals surface area contributed by atoms with Gasteiger partial charge in [-0.2, -0.15) is 5.10 Å². The van der Waals surface area contributed by atoms with Crippen LogP contribution in [0.3, 0.4) is 0 Å². The van der Waals surface area contributed by atoms with Crippen LogP contribution in [0.1, 0.15) is 31.0 Å². The summed E-state index contributed by atoms with van der Waals surface area (Å²) in [6, 6.07) is 16.9. The molecular weight excluding hydrogens is 334 g/mol. The molecule has 0 saturated carbocycles. The normalized spacial score (nSPS) is 11.7. The summed E-state index contributed by atoms with van der Waals surface area (Å²) in [5.41, 5.74) is 2.97. The van der Waals surface area contributed by atoms with E-state index in [2.05, 4.69) is 23.7 Å². The second-order valence-corrected chi connectivity index (χ2v) is 7.89. The Morgan fingerprint density at radius 1 is 1.00 bits per heavy atom. The molecular formula is C19H21N3O2S. The molecule has 0 atom stereocenters. The zero-order valence-corrected chi connectivity index (χ0v) is 15.3. The number of benzene rings is 2. The maximum absolute atomic E-state index is 12.7. The predicted molar refractivity (Wildman–Crippen MR) is 99.6 cm³/mol. The molecule has 6 heteroatoms. The van der Waals surface area contributed by atoms with Gasteiger partial charge in [-0.15, -0.1) is 0 Å². The van der Waals surface area contributed by atoms with Gasteiger partial charge >= 0.3 is 0 Å². The number of para-hydroxylation sites is 1. The quantitative estimate of drug-likeness (QED) is 0.749. The average Bonchev–Trinajstić information content (AvgIpc) is 2.99. The van der Waals surface area contributed by atoms with Crippen molar-refractivity contribution in [2.45, 2.75) is 31.6 Å². The van der Waals surface area contributed by atoms with Crippen molar-refractivity contribution < 1.29 is 8.42 Å². The Labute approximate surface area is 148 Å². The number of hydrogen-bond donors (Lipinski definition) is 1. The van der Waals surface area contributed by atoms with E-state index in [1.54, 1.807) is 23.7 Å². The highest BCUT2D eigenvalue weighted by atomic mass is 32.2. The lowest BCUT2D eigenvalue weighted by molar-refractivity contribution is 0.600. The number of hydrogen-bond acceptors (Lipinski definition) is 3. The first-order valence-electron chi connectivity index (χ1n) is 8.11. The highest BCUT2D eigenvalue weighted by Gasteiger charge is 2.21. The molecule has 0 radical (unpaired) electrons. The zero-order chi connectivity index (χ0) is 18.0. The Morgan fingerprint density at radius 3 is 2.24 bits per heavy atom. The molecule has 0 amide bonds. The Balaban J connectivity index is 1.89. The van der Waals surface area contributed by atoms with Crippen molar-refractivity contribution in [1.82, 2.24) is 9.78 Å². The SMILES string of the molecule is Cc1nn(-c2ccccc2)cc1S(=O)(=O)Nc1ccc(C(C)C)cc1. The van der Waals surface area contributed by atoms with Crippen LogP contribution < -0.4 is 4.72 Å². The van der Waals surface area contributed by atoms with Gasteiger partial charge in [0.05, 0.1) is 17.6 Å². The largest absolute Gasteiger partial charge is 0.280 e. The lowest BCUT2D eigenvalue weighted by Gasteiger charge is -2.09. The van der Waals surface area contributed by atoms with Crippen LogP contribution in [0.15, 0.2) is 65.7 Å². The Kier molecular flexibility index (Phi) is 4.63. The second-order valence-electron chi connectivity index (χ2n) is 6.24. The van der Waals surface area contributed by atoms with Gasteiger partial charge in [0.25, 0.3) is 10.0 Å². The van der Waals surface area contributed by atoms with E-state index in [-0.39, 0.29) is 4.90 Å². The average molecular weight is 355 g/mol. The van der Waals surface area contributed by atoms with Crippen LogP contribution in [0, 0.1) is 6.92 Å². The molecule has 1 aromatic heterocycles. The summed E-state index contributed by atoms with van der Waals surface area (Å²) in [4.78, 5) is 0.171. The molecule has 0 saturated heterocycles. The highest BCUT2D eigenvalue weighted by Crippen LogP contribution is 2.22. The van der Waals surface area contributed by atoms with Crippen molar-refractivity contribution >= 4 is 15.7 Å². The number of sulfonamides is 1. The maximum atomic E-state index is 12.7. The first-order chi connectivity index (χ1) is 11.9. The Bertz CT molecular complexity index is 960. The van der Waals surface area contributed by atoms with Crippen LogP contribution in [-0.4, -0.2) is 18.2 Å². The van der Waals surface area contributed by atoms with Gasteiger partial charge in [0.2, 0.25) is 0 Å². The summed E-state index contributed by atoms with van der Waals surface area (Å²) >= 11 is 0. The van der Waals surface area contributed by atoms with Gasteiger partial charge in [0, 0.05) is 5.69 Å². The van der Waals surface area contributed by atoms with Crippen LogP contribution in [0.2, 0.25) is 0 Å². The van der Waals surface area contributed by atoms with Crippen molar-refractivity contribution in [1.29, 1.82) is 0 Å². The van der Waals surface area contributed by atoms with Gasteiger partial charge in [0.15, 0.2) is 0 Å². The molecule has 0 aliphatic carbocycles. The van der Waals surface area contributed by atoms with E-state index in [1.807, 2.05) is 42.5 Å². The lowest BCUT2D eigenvalue weighted by Crippen LogP contribution is -2.13. The smallest absolute Gasteiger partial charge is 0.265 e. The fourth-order valence-electron chi connectivity index (χ4n) is 2.57. The van der Waals surface area contributed by atoms with Crippen molar-refractivity contribution in [2.24, 2.45) is 0 Å². The van der Waals surface area contributed by atoms with Gasteiger partial charge in [-0.25, -0.2) is 13.1 Å². The minimum Gasteiger partial charge on any atom is -0.280 e. The molecule has 0 aliphatic heterocycles. The molecule has 0 fully saturated rings. The van der Waals surface area contributed by atoms with Crippen molar-refractivity contribution in [3.63, 3.8) is 0 Å². The molecule has 2 aromatic carbocycles. The molecule has 0 aliphatic rings. The summed E-state index contributed by atoms with van der Waals surface area (Å²) in [6.45, 7) is 5.89. The molecule has 0 bridgehead atoms. The number of nitrogens with one attached hydrogen (secondary N) is 1. The second kappa shape index (κ2) is 6.72. The monoisotopic (exact) mass is 355 g/mol. The van der Waals surface area contributed by atoms with Crippen molar-refractivity contribution in [3.8, 4) is 5.69 Å². The number of anilines is 1. The fraction of sp³-hybridized carbons (Fsp3) is 0.211. The zero-order valence-electron chi connectivity index (χ0n) is 14.5. The molecule has 5 nitrogen and oxygen atoms in total. The standard InChI is InChI=1S/C19H21N3O2S/c1-14(2)16-9-11-17(12-10-16)21-25(23,24)19-13-22(20-15(19)3)18-7-5-4-6-8-18/h4-14,21H,1-3H3. The first kappa shape index (κ1) is 17.2. The van der Waals surface area contributed by atoms with E-state index >= 15 is 0 Å². The molecule has 0 spiro atoms. The summed E-state index contributed by atoms with van der Waals surface area (Å²) in [5, 5.41) is 4.32. The summed E-state index contributed by atoms with van der Waals surface area (Å²) in [7, 11) is -3.70. The lowest BCUT2D eigenvalue weighted by atomic mass is 10.0. The summed E-state index contributed by atoms with van der Waals surface area (Å²) < 4.78 is 29.6. The molecule has 25 heavy (non-hydrogen) atoms. The minimum absolute atomic E-state index is 0.171. The topological polar surface area (TPSA) is 64.0 Å². The first-order valence-corrected chi connectivity index (χ1v) is 9.59. The molecule has 3 rings (SSSR count). The van der Waals surface area contributed by atoms with Gasteiger partial charge in [-0.3, -0.25) is 4.72 Å². The molecule has 0 unspecified atom stereocenters. The van der Waals surface area contributed by atoms with Gasteiger partial charge in [-0.05, 0) is 42.7 Å². The number of nitrogens with zero attached hydrogens (tertiary/aromatic N) is 2. The van der Waals surface area contributed by atoms with Crippen LogP contribution in [0.5, 0.6) is 0 Å². The predicted octanol–water partition coefficient (Wildman–Crippen LogP) is 4.10. The third-order valence-electron chi connectivity index (χ3n) is 3.99. The van der Waals surface area contributed by atoms with Gasteiger partial charge < -0.3 is 0 Å². The number of aryl methyl sites for hydroxylation is 1. The van der Waals surface area contributed by atoms with Crippen LogP contribution in [0.25, 0.3) is 5.69 Å². The van der Waals surface area contributed by atoms with E-state index in [0.717, 1.165) is 11.3 Å². The van der Waals surface area contributed by atoms with E-state index in [4.69, 9.17) is 0 Å². The summed E-state index contributed by atoms with van der Waals surface area (Å²) in [5.74, 6) is 0.400. The Hall–Kier alpha value is -2.60.